The molecule has 2 N–H and O–H groups in total. The lowest BCUT2D eigenvalue weighted by Crippen LogP contribution is -2.12. The standard InChI is InChI=1S/C15H11Br2NO3/c16-11-6-10(7-12(17)8-11)15(21)18-13-3-1-2-9(4-13)5-14(19)20/h1-4,6-8H,5H2,(H,18,21)(H,19,20). The largest absolute Gasteiger partial charge is 0.481 e. The Balaban J connectivity index is 2.17. The van der Waals surface area contributed by atoms with Gasteiger partial charge in [0, 0.05) is 20.2 Å². The average Bonchev–Trinajstić information content (AvgIpc) is 2.37. The van der Waals surface area contributed by atoms with E-state index in [0.29, 0.717) is 16.8 Å². The number of anilines is 1. The molecule has 0 aliphatic heterocycles. The van der Waals surface area contributed by atoms with Crippen LogP contribution in [0.4, 0.5) is 5.69 Å². The van der Waals surface area contributed by atoms with Crippen LogP contribution in [0.2, 0.25) is 0 Å². The van der Waals surface area contributed by atoms with Crippen molar-refractivity contribution in [3.63, 3.8) is 0 Å². The Morgan fingerprint density at radius 1 is 1.05 bits per heavy atom. The van der Waals surface area contributed by atoms with E-state index in [1.54, 1.807) is 36.4 Å². The fourth-order valence-electron chi connectivity index (χ4n) is 1.82. The van der Waals surface area contributed by atoms with Crippen molar-refractivity contribution in [2.45, 2.75) is 6.42 Å². The Hall–Kier alpha value is -1.66. The molecule has 108 valence electrons. The molecule has 0 bridgehead atoms. The molecule has 0 aromatic heterocycles. The Morgan fingerprint density at radius 3 is 2.33 bits per heavy atom. The molecule has 21 heavy (non-hydrogen) atoms. The number of rotatable bonds is 4. The number of nitrogens with one attached hydrogen (secondary N) is 1. The van der Waals surface area contributed by atoms with Gasteiger partial charge in [-0.15, -0.1) is 0 Å². The van der Waals surface area contributed by atoms with E-state index in [1.165, 1.54) is 0 Å². The van der Waals surface area contributed by atoms with Crippen LogP contribution >= 0.6 is 31.9 Å². The summed E-state index contributed by atoms with van der Waals surface area (Å²) in [6, 6.07) is 12.0. The highest BCUT2D eigenvalue weighted by Gasteiger charge is 2.09. The summed E-state index contributed by atoms with van der Waals surface area (Å²) in [4.78, 5) is 22.9. The highest BCUT2D eigenvalue weighted by atomic mass is 79.9. The Kier molecular flexibility index (Phi) is 5.14. The monoisotopic (exact) mass is 411 g/mol. The average molecular weight is 413 g/mol. The van der Waals surface area contributed by atoms with Crippen molar-refractivity contribution in [3.05, 3.63) is 62.5 Å². The molecule has 2 aromatic rings. The molecule has 0 aliphatic carbocycles. The molecule has 0 radical (unpaired) electrons. The van der Waals surface area contributed by atoms with Gasteiger partial charge in [-0.1, -0.05) is 44.0 Å². The lowest BCUT2D eigenvalue weighted by atomic mass is 10.1. The van der Waals surface area contributed by atoms with Gasteiger partial charge >= 0.3 is 5.97 Å². The molecular weight excluding hydrogens is 402 g/mol. The minimum absolute atomic E-state index is 0.0772. The fraction of sp³-hybridized carbons (Fsp3) is 0.0667. The van der Waals surface area contributed by atoms with E-state index in [0.717, 1.165) is 8.95 Å². The third-order valence-corrected chi connectivity index (χ3v) is 3.58. The SMILES string of the molecule is O=C(O)Cc1cccc(NC(=O)c2cc(Br)cc(Br)c2)c1. The molecule has 0 fully saturated rings. The second-order valence-electron chi connectivity index (χ2n) is 4.38. The van der Waals surface area contributed by atoms with Gasteiger partial charge in [0.2, 0.25) is 0 Å². The number of aliphatic carboxylic acids is 1. The van der Waals surface area contributed by atoms with E-state index >= 15 is 0 Å². The first-order valence-corrected chi connectivity index (χ1v) is 7.61. The lowest BCUT2D eigenvalue weighted by molar-refractivity contribution is -0.136. The van der Waals surface area contributed by atoms with Crippen molar-refractivity contribution in [1.29, 1.82) is 0 Å². The van der Waals surface area contributed by atoms with Crippen molar-refractivity contribution in [1.82, 2.24) is 0 Å². The van der Waals surface area contributed by atoms with Crippen molar-refractivity contribution < 1.29 is 14.7 Å². The summed E-state index contributed by atoms with van der Waals surface area (Å²) in [5.74, 6) is -1.17. The maximum absolute atomic E-state index is 12.2. The molecule has 0 aliphatic rings. The van der Waals surface area contributed by atoms with Crippen molar-refractivity contribution >= 4 is 49.4 Å². The second-order valence-corrected chi connectivity index (χ2v) is 6.21. The number of amides is 1. The summed E-state index contributed by atoms with van der Waals surface area (Å²) >= 11 is 6.66. The summed E-state index contributed by atoms with van der Waals surface area (Å²) in [6.07, 6.45) is -0.0772. The molecule has 0 unspecified atom stereocenters. The molecule has 2 aromatic carbocycles. The van der Waals surface area contributed by atoms with Crippen molar-refractivity contribution in [2.24, 2.45) is 0 Å². The zero-order valence-corrected chi connectivity index (χ0v) is 13.9. The molecule has 0 atom stereocenters. The first-order chi connectivity index (χ1) is 9.94. The number of carbonyl (C=O) groups excluding carboxylic acids is 1. The molecule has 0 spiro atoms. The Labute approximate surface area is 138 Å². The van der Waals surface area contributed by atoms with E-state index in [-0.39, 0.29) is 12.3 Å². The maximum atomic E-state index is 12.2. The number of hydrogen-bond donors (Lipinski definition) is 2. The zero-order valence-electron chi connectivity index (χ0n) is 10.8. The molecule has 0 saturated carbocycles. The zero-order chi connectivity index (χ0) is 15.4. The fourth-order valence-corrected chi connectivity index (χ4v) is 3.12. The Bertz CT molecular complexity index is 681. The summed E-state index contributed by atoms with van der Waals surface area (Å²) < 4.78 is 1.59. The lowest BCUT2D eigenvalue weighted by Gasteiger charge is -2.07. The minimum atomic E-state index is -0.908. The highest BCUT2D eigenvalue weighted by molar-refractivity contribution is 9.11. The van der Waals surface area contributed by atoms with Crippen LogP contribution in [0.1, 0.15) is 15.9 Å². The van der Waals surface area contributed by atoms with Gasteiger partial charge in [0.15, 0.2) is 0 Å². The van der Waals surface area contributed by atoms with Gasteiger partial charge in [-0.2, -0.15) is 0 Å². The van der Waals surface area contributed by atoms with Gasteiger partial charge in [-0.3, -0.25) is 9.59 Å². The minimum Gasteiger partial charge on any atom is -0.481 e. The van der Waals surface area contributed by atoms with E-state index in [1.807, 2.05) is 6.07 Å². The second kappa shape index (κ2) is 6.87. The summed E-state index contributed by atoms with van der Waals surface area (Å²) in [6.45, 7) is 0. The van der Waals surface area contributed by atoms with E-state index in [4.69, 9.17) is 5.11 Å². The molecule has 1 amide bonds. The van der Waals surface area contributed by atoms with E-state index in [2.05, 4.69) is 37.2 Å². The van der Waals surface area contributed by atoms with Gasteiger partial charge in [-0.05, 0) is 35.9 Å². The predicted molar refractivity (Wildman–Crippen MR) is 87.6 cm³/mol. The number of carboxylic acid groups (broad SMARTS) is 1. The third-order valence-electron chi connectivity index (χ3n) is 2.66. The summed E-state index contributed by atoms with van der Waals surface area (Å²) in [5.41, 5.74) is 1.70. The quantitative estimate of drug-likeness (QED) is 0.794. The predicted octanol–water partition coefficient (Wildman–Crippen LogP) is 4.09. The first-order valence-electron chi connectivity index (χ1n) is 6.02. The number of hydrogen-bond acceptors (Lipinski definition) is 2. The summed E-state index contributed by atoms with van der Waals surface area (Å²) in [5, 5.41) is 11.5. The molecule has 0 saturated heterocycles. The van der Waals surface area contributed by atoms with E-state index in [9.17, 15) is 9.59 Å². The molecular formula is C15H11Br2NO3. The normalized spacial score (nSPS) is 10.2. The number of carboxylic acids is 1. The van der Waals surface area contributed by atoms with Crippen molar-refractivity contribution in [3.8, 4) is 0 Å². The van der Waals surface area contributed by atoms with Crippen LogP contribution in [0.5, 0.6) is 0 Å². The summed E-state index contributed by atoms with van der Waals surface area (Å²) in [7, 11) is 0. The molecule has 6 heteroatoms. The van der Waals surface area contributed by atoms with Crippen LogP contribution in [0.3, 0.4) is 0 Å². The van der Waals surface area contributed by atoms with Gasteiger partial charge in [0.25, 0.3) is 5.91 Å². The topological polar surface area (TPSA) is 66.4 Å². The first kappa shape index (κ1) is 15.7. The number of halogens is 2. The smallest absolute Gasteiger partial charge is 0.307 e. The molecule has 0 heterocycles. The highest BCUT2D eigenvalue weighted by Crippen LogP contribution is 2.21. The van der Waals surface area contributed by atoms with Crippen LogP contribution in [0, 0.1) is 0 Å². The van der Waals surface area contributed by atoms with E-state index < -0.39 is 5.97 Å². The van der Waals surface area contributed by atoms with Crippen molar-refractivity contribution in [2.75, 3.05) is 5.32 Å². The third kappa shape index (κ3) is 4.68. The van der Waals surface area contributed by atoms with Crippen LogP contribution in [-0.2, 0) is 11.2 Å². The van der Waals surface area contributed by atoms with Gasteiger partial charge in [0.05, 0.1) is 6.42 Å². The van der Waals surface area contributed by atoms with Gasteiger partial charge < -0.3 is 10.4 Å². The maximum Gasteiger partial charge on any atom is 0.307 e. The van der Waals surface area contributed by atoms with Crippen LogP contribution in [0.25, 0.3) is 0 Å². The van der Waals surface area contributed by atoms with Crippen LogP contribution < -0.4 is 5.32 Å². The number of benzene rings is 2. The molecule has 4 nitrogen and oxygen atoms in total. The van der Waals surface area contributed by atoms with Gasteiger partial charge in [-0.25, -0.2) is 0 Å². The Morgan fingerprint density at radius 2 is 1.71 bits per heavy atom. The van der Waals surface area contributed by atoms with Crippen LogP contribution in [-0.4, -0.2) is 17.0 Å². The number of carbonyl (C=O) groups is 2. The van der Waals surface area contributed by atoms with Gasteiger partial charge in [0.1, 0.15) is 0 Å². The molecule has 2 rings (SSSR count). The van der Waals surface area contributed by atoms with Crippen LogP contribution in [0.15, 0.2) is 51.4 Å².